The Morgan fingerprint density at radius 1 is 0.939 bits per heavy atom. The molecule has 0 radical (unpaired) electrons. The number of unbranched alkanes of at least 4 members (excludes halogenated alkanes) is 1. The number of aromatic nitrogens is 1. The van der Waals surface area contributed by atoms with Crippen molar-refractivity contribution in [3.63, 3.8) is 0 Å². The molecule has 6 N–H and O–H groups in total. The van der Waals surface area contributed by atoms with E-state index < -0.39 is 24.2 Å². The second kappa shape index (κ2) is 17.3. The molecule has 260 valence electrons. The van der Waals surface area contributed by atoms with Gasteiger partial charge in [0.1, 0.15) is 12.1 Å². The molecule has 13 heteroatoms. The summed E-state index contributed by atoms with van der Waals surface area (Å²) in [4.78, 5) is 55.1. The van der Waals surface area contributed by atoms with Crippen LogP contribution in [0.15, 0.2) is 84.9 Å². The second-order valence-corrected chi connectivity index (χ2v) is 11.7. The van der Waals surface area contributed by atoms with Crippen molar-refractivity contribution >= 4 is 34.6 Å². The molecule has 5 rings (SSSR count). The Hall–Kier alpha value is -5.17. The third kappa shape index (κ3) is 10.4. The predicted molar refractivity (Wildman–Crippen MR) is 178 cm³/mol. The fourth-order valence-electron chi connectivity index (χ4n) is 5.77. The van der Waals surface area contributed by atoms with Gasteiger partial charge in [-0.25, -0.2) is 4.79 Å². The number of fused-ring (bicyclic) bond motifs is 3. The van der Waals surface area contributed by atoms with Crippen molar-refractivity contribution in [3.8, 4) is 0 Å². The summed E-state index contributed by atoms with van der Waals surface area (Å²) in [6, 6.07) is 26.0. The van der Waals surface area contributed by atoms with Crippen LogP contribution in [0.25, 0.3) is 10.9 Å². The SMILES string of the molecule is NCCCC[C@@H](C(=O)NCCc1ccccc1)N1Cc2[nH]c3ccccc3c2C[C@@H](NC(=O)Cc2ccccc2)C1=O.O=C(O)C(F)(F)F. The number of hydrogen-bond acceptors (Lipinski definition) is 5. The molecular formula is C36H40F3N5O5. The minimum atomic E-state index is -5.08. The molecule has 1 aliphatic rings. The number of rotatable bonds is 12. The van der Waals surface area contributed by atoms with Gasteiger partial charge in [0.05, 0.1) is 13.0 Å². The van der Waals surface area contributed by atoms with Crippen LogP contribution in [0.4, 0.5) is 13.2 Å². The lowest BCUT2D eigenvalue weighted by molar-refractivity contribution is -0.192. The van der Waals surface area contributed by atoms with E-state index in [-0.39, 0.29) is 30.7 Å². The molecular weight excluding hydrogens is 639 g/mol. The molecule has 0 bridgehead atoms. The Morgan fingerprint density at radius 2 is 1.55 bits per heavy atom. The second-order valence-electron chi connectivity index (χ2n) is 11.7. The number of para-hydroxylation sites is 1. The molecule has 0 aliphatic carbocycles. The fourth-order valence-corrected chi connectivity index (χ4v) is 5.77. The monoisotopic (exact) mass is 679 g/mol. The Morgan fingerprint density at radius 3 is 2.18 bits per heavy atom. The lowest BCUT2D eigenvalue weighted by atomic mass is 10.0. The molecule has 2 atom stereocenters. The summed E-state index contributed by atoms with van der Waals surface area (Å²) in [5, 5.41) is 14.2. The predicted octanol–water partition coefficient (Wildman–Crippen LogP) is 4.27. The van der Waals surface area contributed by atoms with Gasteiger partial charge in [-0.2, -0.15) is 13.2 Å². The number of H-pyrrole nitrogens is 1. The minimum Gasteiger partial charge on any atom is -0.475 e. The summed E-state index contributed by atoms with van der Waals surface area (Å²) in [5.41, 5.74) is 10.6. The number of carbonyl (C=O) groups is 4. The van der Waals surface area contributed by atoms with Gasteiger partial charge in [0.15, 0.2) is 0 Å². The molecule has 0 saturated carbocycles. The smallest absolute Gasteiger partial charge is 0.475 e. The van der Waals surface area contributed by atoms with E-state index in [0.29, 0.717) is 38.8 Å². The topological polar surface area (TPSA) is 158 Å². The average molecular weight is 680 g/mol. The zero-order chi connectivity index (χ0) is 35.4. The Balaban J connectivity index is 0.000000698. The van der Waals surface area contributed by atoms with Crippen LogP contribution in [-0.4, -0.2) is 70.0 Å². The number of carbonyl (C=O) groups excluding carboxylic acids is 3. The normalized spacial score (nSPS) is 15.0. The lowest BCUT2D eigenvalue weighted by Gasteiger charge is -2.32. The molecule has 1 aliphatic heterocycles. The van der Waals surface area contributed by atoms with Crippen LogP contribution in [0.2, 0.25) is 0 Å². The van der Waals surface area contributed by atoms with Crippen LogP contribution in [0.3, 0.4) is 0 Å². The zero-order valence-electron chi connectivity index (χ0n) is 26.8. The number of amides is 3. The first-order valence-electron chi connectivity index (χ1n) is 16.0. The highest BCUT2D eigenvalue weighted by atomic mass is 19.4. The Kier molecular flexibility index (Phi) is 12.9. The van der Waals surface area contributed by atoms with Crippen LogP contribution in [0.1, 0.15) is 41.6 Å². The maximum absolute atomic E-state index is 14.2. The van der Waals surface area contributed by atoms with Crippen LogP contribution >= 0.6 is 0 Å². The van der Waals surface area contributed by atoms with Gasteiger partial charge in [-0.1, -0.05) is 78.9 Å². The fraction of sp³-hybridized carbons (Fsp3) is 0.333. The number of carboxylic acid groups (broad SMARTS) is 1. The molecule has 4 aromatic rings. The van der Waals surface area contributed by atoms with E-state index in [1.807, 2.05) is 84.9 Å². The molecule has 3 amide bonds. The largest absolute Gasteiger partial charge is 0.490 e. The quantitative estimate of drug-likeness (QED) is 0.141. The van der Waals surface area contributed by atoms with Gasteiger partial charge in [0.2, 0.25) is 17.7 Å². The van der Waals surface area contributed by atoms with Crippen molar-refractivity contribution < 1.29 is 37.5 Å². The third-order valence-electron chi connectivity index (χ3n) is 8.17. The summed E-state index contributed by atoms with van der Waals surface area (Å²) in [5.74, 6) is -3.42. The number of carboxylic acids is 1. The van der Waals surface area contributed by atoms with Gasteiger partial charge in [-0.05, 0) is 55.0 Å². The van der Waals surface area contributed by atoms with E-state index >= 15 is 0 Å². The number of aromatic amines is 1. The van der Waals surface area contributed by atoms with Gasteiger partial charge in [-0.15, -0.1) is 0 Å². The number of nitrogens with one attached hydrogen (secondary N) is 3. The van der Waals surface area contributed by atoms with Crippen molar-refractivity contribution in [2.24, 2.45) is 5.73 Å². The number of aliphatic carboxylic acids is 1. The van der Waals surface area contributed by atoms with Gasteiger partial charge in [-0.3, -0.25) is 14.4 Å². The molecule has 10 nitrogen and oxygen atoms in total. The van der Waals surface area contributed by atoms with Crippen molar-refractivity contribution in [2.45, 2.75) is 63.3 Å². The first-order chi connectivity index (χ1) is 23.5. The highest BCUT2D eigenvalue weighted by molar-refractivity contribution is 5.94. The van der Waals surface area contributed by atoms with E-state index in [9.17, 15) is 27.6 Å². The van der Waals surface area contributed by atoms with E-state index in [0.717, 1.165) is 39.7 Å². The first kappa shape index (κ1) is 36.7. The zero-order valence-corrected chi connectivity index (χ0v) is 26.8. The molecule has 49 heavy (non-hydrogen) atoms. The van der Waals surface area contributed by atoms with E-state index in [1.165, 1.54) is 0 Å². The molecule has 3 aromatic carbocycles. The number of halogens is 3. The van der Waals surface area contributed by atoms with E-state index in [2.05, 4.69) is 15.6 Å². The lowest BCUT2D eigenvalue weighted by Crippen LogP contribution is -2.55. The van der Waals surface area contributed by atoms with Gasteiger partial charge in [0, 0.05) is 29.6 Å². The third-order valence-corrected chi connectivity index (χ3v) is 8.17. The highest BCUT2D eigenvalue weighted by Gasteiger charge is 2.39. The number of hydrogen-bond donors (Lipinski definition) is 5. The molecule has 0 saturated heterocycles. The maximum Gasteiger partial charge on any atom is 0.490 e. The summed E-state index contributed by atoms with van der Waals surface area (Å²) in [7, 11) is 0. The number of nitrogens with two attached hydrogens (primary N) is 1. The van der Waals surface area contributed by atoms with Crippen LogP contribution in [0, 0.1) is 0 Å². The summed E-state index contributed by atoms with van der Waals surface area (Å²) in [6.07, 6.45) is -1.92. The minimum absolute atomic E-state index is 0.172. The van der Waals surface area contributed by atoms with Gasteiger partial charge < -0.3 is 31.4 Å². The van der Waals surface area contributed by atoms with Crippen LogP contribution in [-0.2, 0) is 45.0 Å². The van der Waals surface area contributed by atoms with Crippen molar-refractivity contribution in [1.29, 1.82) is 0 Å². The Bertz CT molecular complexity index is 1710. The summed E-state index contributed by atoms with van der Waals surface area (Å²) >= 11 is 0. The van der Waals surface area contributed by atoms with Crippen molar-refractivity contribution in [3.05, 3.63) is 107 Å². The number of alkyl halides is 3. The number of nitrogens with zero attached hydrogens (tertiary/aromatic N) is 1. The van der Waals surface area contributed by atoms with E-state index in [4.69, 9.17) is 15.6 Å². The first-order valence-corrected chi connectivity index (χ1v) is 16.0. The molecule has 0 spiro atoms. The molecule has 1 aromatic heterocycles. The Labute approximate surface area is 281 Å². The standard InChI is InChI=1S/C34H39N5O3.C2HF3O2/c35-19-10-9-17-31(33(41)36-20-18-24-11-3-1-4-12-24)39-23-30-27(26-15-7-8-16-28(26)37-30)22-29(34(39)42)38-32(40)21-25-13-5-2-6-14-25;3-2(4,5)1(6)7/h1-8,11-16,29,31,37H,9-10,17-23,35H2,(H,36,41)(H,38,40);(H,6,7)/t29-,31+;/m1./s1. The highest BCUT2D eigenvalue weighted by Crippen LogP contribution is 2.29. The molecule has 2 heterocycles. The molecule has 0 unspecified atom stereocenters. The molecule has 0 fully saturated rings. The van der Waals surface area contributed by atoms with Crippen LogP contribution in [0.5, 0.6) is 0 Å². The van der Waals surface area contributed by atoms with Crippen molar-refractivity contribution in [1.82, 2.24) is 20.5 Å². The average Bonchev–Trinajstić information content (AvgIpc) is 3.36. The summed E-state index contributed by atoms with van der Waals surface area (Å²) < 4.78 is 31.7. The van der Waals surface area contributed by atoms with Crippen molar-refractivity contribution in [2.75, 3.05) is 13.1 Å². The maximum atomic E-state index is 14.2. The van der Waals surface area contributed by atoms with Gasteiger partial charge in [0.25, 0.3) is 0 Å². The number of benzene rings is 3. The van der Waals surface area contributed by atoms with E-state index in [1.54, 1.807) is 4.90 Å². The summed E-state index contributed by atoms with van der Waals surface area (Å²) in [6.45, 7) is 1.24. The van der Waals surface area contributed by atoms with Crippen LogP contribution < -0.4 is 16.4 Å². The van der Waals surface area contributed by atoms with Gasteiger partial charge >= 0.3 is 12.1 Å².